The van der Waals surface area contributed by atoms with Crippen molar-refractivity contribution < 1.29 is 0 Å². The fraction of sp³-hybridized carbons (Fsp3) is 0.143. The lowest BCUT2D eigenvalue weighted by atomic mass is 10.2. The Morgan fingerprint density at radius 1 is 0.667 bits per heavy atom. The van der Waals surface area contributed by atoms with Crippen LogP contribution in [0.4, 0.5) is 0 Å². The number of rotatable bonds is 2. The fourth-order valence-electron chi connectivity index (χ4n) is 1.46. The smallest absolute Gasteiger partial charge is 0.0151 e. The summed E-state index contributed by atoms with van der Waals surface area (Å²) in [7, 11) is 0. The molecule has 0 aliphatic rings. The van der Waals surface area contributed by atoms with E-state index in [9.17, 15) is 0 Å². The van der Waals surface area contributed by atoms with Crippen molar-refractivity contribution in [1.82, 2.24) is 0 Å². The molecule has 76 valence electrons. The van der Waals surface area contributed by atoms with Gasteiger partial charge in [0.05, 0.1) is 0 Å². The molecule has 0 bridgehead atoms. The van der Waals surface area contributed by atoms with Crippen LogP contribution in [0.5, 0.6) is 0 Å². The number of hydrogen-bond donors (Lipinski definition) is 0. The van der Waals surface area contributed by atoms with E-state index >= 15 is 0 Å². The Kier molecular flexibility index (Phi) is 3.12. The molecule has 0 saturated heterocycles. The average molecular weight is 214 g/mol. The van der Waals surface area contributed by atoms with Crippen molar-refractivity contribution in [2.75, 3.05) is 0 Å². The van der Waals surface area contributed by atoms with Crippen molar-refractivity contribution in [3.05, 3.63) is 59.7 Å². The van der Waals surface area contributed by atoms with Crippen LogP contribution in [0.3, 0.4) is 0 Å². The van der Waals surface area contributed by atoms with E-state index < -0.39 is 0 Å². The molecule has 0 radical (unpaired) electrons. The average Bonchev–Trinajstić information content (AvgIpc) is 2.24. The van der Waals surface area contributed by atoms with Crippen molar-refractivity contribution in [3.63, 3.8) is 0 Å². The third-order valence-electron chi connectivity index (χ3n) is 2.41. The van der Waals surface area contributed by atoms with Gasteiger partial charge < -0.3 is 0 Å². The monoisotopic (exact) mass is 214 g/mol. The van der Waals surface area contributed by atoms with Gasteiger partial charge in [-0.05, 0) is 37.1 Å². The second-order valence-electron chi connectivity index (χ2n) is 3.63. The van der Waals surface area contributed by atoms with Crippen LogP contribution in [0, 0.1) is 13.8 Å². The Labute approximate surface area is 95.3 Å². The van der Waals surface area contributed by atoms with Crippen LogP contribution in [-0.4, -0.2) is 0 Å². The summed E-state index contributed by atoms with van der Waals surface area (Å²) in [6.45, 7) is 4.31. The highest BCUT2D eigenvalue weighted by Gasteiger charge is 2.01. The Balaban J connectivity index is 2.30. The van der Waals surface area contributed by atoms with Gasteiger partial charge in [-0.25, -0.2) is 0 Å². The van der Waals surface area contributed by atoms with Crippen molar-refractivity contribution >= 4 is 11.8 Å². The molecule has 0 nitrogen and oxygen atoms in total. The van der Waals surface area contributed by atoms with Crippen LogP contribution in [0.2, 0.25) is 0 Å². The zero-order valence-electron chi connectivity index (χ0n) is 9.03. The van der Waals surface area contributed by atoms with Gasteiger partial charge in [-0.2, -0.15) is 0 Å². The van der Waals surface area contributed by atoms with Gasteiger partial charge in [-0.1, -0.05) is 48.2 Å². The SMILES string of the molecule is Cc1ccccc1Sc1ccccc1C. The van der Waals surface area contributed by atoms with Crippen molar-refractivity contribution in [2.45, 2.75) is 23.6 Å². The Bertz CT molecular complexity index is 417. The second-order valence-corrected chi connectivity index (χ2v) is 4.72. The summed E-state index contributed by atoms with van der Waals surface area (Å²) >= 11 is 1.84. The van der Waals surface area contributed by atoms with E-state index in [1.54, 1.807) is 0 Å². The molecule has 15 heavy (non-hydrogen) atoms. The summed E-state index contributed by atoms with van der Waals surface area (Å²) in [4.78, 5) is 2.68. The summed E-state index contributed by atoms with van der Waals surface area (Å²) in [6.07, 6.45) is 0. The highest BCUT2D eigenvalue weighted by atomic mass is 32.2. The maximum Gasteiger partial charge on any atom is 0.0151 e. The van der Waals surface area contributed by atoms with Gasteiger partial charge >= 0.3 is 0 Å². The predicted octanol–water partition coefficient (Wildman–Crippen LogP) is 4.45. The van der Waals surface area contributed by atoms with Crippen molar-refractivity contribution in [1.29, 1.82) is 0 Å². The van der Waals surface area contributed by atoms with Gasteiger partial charge in [0, 0.05) is 9.79 Å². The minimum Gasteiger partial charge on any atom is -0.0895 e. The largest absolute Gasteiger partial charge is 0.0895 e. The topological polar surface area (TPSA) is 0 Å². The molecule has 0 aliphatic heterocycles. The Morgan fingerprint density at radius 2 is 1.07 bits per heavy atom. The highest BCUT2D eigenvalue weighted by Crippen LogP contribution is 2.31. The summed E-state index contributed by atoms with van der Waals surface area (Å²) in [6, 6.07) is 17.0. The number of benzene rings is 2. The lowest BCUT2D eigenvalue weighted by Crippen LogP contribution is -1.81. The normalized spacial score (nSPS) is 10.3. The molecule has 0 atom stereocenters. The zero-order chi connectivity index (χ0) is 10.7. The van der Waals surface area contributed by atoms with E-state index in [1.165, 1.54) is 20.9 Å². The predicted molar refractivity (Wildman–Crippen MR) is 66.5 cm³/mol. The number of aryl methyl sites for hydroxylation is 2. The standard InChI is InChI=1S/C14H14S/c1-11-7-3-5-9-13(11)15-14-10-6-4-8-12(14)2/h3-10H,1-2H3. The summed E-state index contributed by atoms with van der Waals surface area (Å²) in [5, 5.41) is 0. The van der Waals surface area contributed by atoms with Gasteiger partial charge in [0.1, 0.15) is 0 Å². The molecule has 0 heterocycles. The zero-order valence-corrected chi connectivity index (χ0v) is 9.84. The van der Waals surface area contributed by atoms with Crippen LogP contribution in [0.25, 0.3) is 0 Å². The van der Waals surface area contributed by atoms with Crippen LogP contribution < -0.4 is 0 Å². The molecular weight excluding hydrogens is 200 g/mol. The lowest BCUT2D eigenvalue weighted by molar-refractivity contribution is 1.26. The van der Waals surface area contributed by atoms with E-state index in [0.717, 1.165) is 0 Å². The van der Waals surface area contributed by atoms with Crippen LogP contribution in [0.15, 0.2) is 58.3 Å². The molecule has 2 aromatic rings. The van der Waals surface area contributed by atoms with E-state index in [4.69, 9.17) is 0 Å². The summed E-state index contributed by atoms with van der Waals surface area (Å²) < 4.78 is 0. The number of hydrogen-bond acceptors (Lipinski definition) is 1. The van der Waals surface area contributed by atoms with Gasteiger partial charge in [0.15, 0.2) is 0 Å². The van der Waals surface area contributed by atoms with E-state index in [0.29, 0.717) is 0 Å². The first kappa shape index (κ1) is 10.3. The maximum atomic E-state index is 2.17. The molecule has 1 heteroatoms. The molecule has 0 fully saturated rings. The van der Waals surface area contributed by atoms with E-state index in [-0.39, 0.29) is 0 Å². The highest BCUT2D eigenvalue weighted by molar-refractivity contribution is 7.99. The Hall–Kier alpha value is -1.21. The molecule has 0 spiro atoms. The second kappa shape index (κ2) is 4.54. The molecular formula is C14H14S. The first-order valence-corrected chi connectivity index (χ1v) is 5.88. The van der Waals surface area contributed by atoms with E-state index in [2.05, 4.69) is 62.4 Å². The fourth-order valence-corrected chi connectivity index (χ4v) is 2.45. The quantitative estimate of drug-likeness (QED) is 0.711. The van der Waals surface area contributed by atoms with Crippen LogP contribution in [0.1, 0.15) is 11.1 Å². The third-order valence-corrected chi connectivity index (χ3v) is 3.76. The van der Waals surface area contributed by atoms with Crippen LogP contribution in [-0.2, 0) is 0 Å². The van der Waals surface area contributed by atoms with Gasteiger partial charge in [0.2, 0.25) is 0 Å². The van der Waals surface area contributed by atoms with Crippen molar-refractivity contribution in [2.24, 2.45) is 0 Å². The first-order chi connectivity index (χ1) is 7.27. The van der Waals surface area contributed by atoms with Gasteiger partial charge in [0.25, 0.3) is 0 Å². The third kappa shape index (κ3) is 2.42. The molecule has 2 aromatic carbocycles. The summed E-state index contributed by atoms with van der Waals surface area (Å²) in [5.41, 5.74) is 2.68. The molecule has 2 rings (SSSR count). The minimum absolute atomic E-state index is 1.34. The first-order valence-electron chi connectivity index (χ1n) is 5.06. The lowest BCUT2D eigenvalue weighted by Gasteiger charge is -2.07. The molecule has 0 aliphatic carbocycles. The van der Waals surface area contributed by atoms with E-state index in [1.807, 2.05) is 11.8 Å². The molecule has 0 aromatic heterocycles. The maximum absolute atomic E-state index is 2.17. The molecule has 0 unspecified atom stereocenters. The van der Waals surface area contributed by atoms with Crippen molar-refractivity contribution in [3.8, 4) is 0 Å². The molecule has 0 saturated carbocycles. The van der Waals surface area contributed by atoms with Gasteiger partial charge in [-0.3, -0.25) is 0 Å². The summed E-state index contributed by atoms with van der Waals surface area (Å²) in [5.74, 6) is 0. The minimum atomic E-state index is 1.34. The Morgan fingerprint density at radius 3 is 1.47 bits per heavy atom. The molecule has 0 N–H and O–H groups in total. The molecule has 0 amide bonds. The van der Waals surface area contributed by atoms with Crippen LogP contribution >= 0.6 is 11.8 Å². The van der Waals surface area contributed by atoms with Gasteiger partial charge in [-0.15, -0.1) is 0 Å².